The Morgan fingerprint density at radius 1 is 0.968 bits per heavy atom. The van der Waals surface area contributed by atoms with Crippen LogP contribution >= 0.6 is 0 Å². The molecule has 0 saturated heterocycles. The van der Waals surface area contributed by atoms with E-state index in [4.69, 9.17) is 4.74 Å². The Balaban J connectivity index is 1.80. The molecule has 0 bridgehead atoms. The first-order chi connectivity index (χ1) is 14.9. The number of amides is 1. The third-order valence-corrected chi connectivity index (χ3v) is 6.50. The van der Waals surface area contributed by atoms with Gasteiger partial charge in [-0.25, -0.2) is 12.8 Å². The molecule has 0 heterocycles. The molecular weight excluding hydrogens is 419 g/mol. The van der Waals surface area contributed by atoms with E-state index in [0.29, 0.717) is 17.9 Å². The number of carbonyl (C=O) groups excluding carboxylic acids is 1. The molecule has 1 N–H and O–H groups in total. The minimum atomic E-state index is -3.93. The van der Waals surface area contributed by atoms with Crippen molar-refractivity contribution in [3.05, 3.63) is 90.2 Å². The van der Waals surface area contributed by atoms with Gasteiger partial charge < -0.3 is 10.1 Å². The molecule has 31 heavy (non-hydrogen) atoms. The number of carbonyl (C=O) groups is 1. The number of hydrogen-bond donors (Lipinski definition) is 1. The van der Waals surface area contributed by atoms with Gasteiger partial charge in [0.25, 0.3) is 0 Å². The van der Waals surface area contributed by atoms with Crippen LogP contribution in [0.2, 0.25) is 0 Å². The van der Waals surface area contributed by atoms with Gasteiger partial charge in [0.15, 0.2) is 0 Å². The maximum Gasteiger partial charge on any atom is 0.243 e. The minimum absolute atomic E-state index is 0.0657. The van der Waals surface area contributed by atoms with E-state index in [1.54, 1.807) is 12.1 Å². The number of sulfonamides is 1. The van der Waals surface area contributed by atoms with Crippen LogP contribution in [0.15, 0.2) is 83.8 Å². The van der Waals surface area contributed by atoms with Gasteiger partial charge in [0.2, 0.25) is 15.9 Å². The van der Waals surface area contributed by atoms with Gasteiger partial charge in [-0.1, -0.05) is 30.3 Å². The molecule has 0 fully saturated rings. The van der Waals surface area contributed by atoms with Gasteiger partial charge >= 0.3 is 0 Å². The van der Waals surface area contributed by atoms with Crippen molar-refractivity contribution in [3.63, 3.8) is 0 Å². The summed E-state index contributed by atoms with van der Waals surface area (Å²) in [6, 6.07) is 20.7. The van der Waals surface area contributed by atoms with Crippen molar-refractivity contribution in [1.82, 2.24) is 4.31 Å². The lowest BCUT2D eigenvalue weighted by Gasteiger charge is -2.22. The maximum atomic E-state index is 13.2. The molecule has 3 aromatic carbocycles. The van der Waals surface area contributed by atoms with Gasteiger partial charge in [0.05, 0.1) is 18.6 Å². The fraction of sp³-hybridized carbons (Fsp3) is 0.174. The first kappa shape index (κ1) is 22.5. The second-order valence-electron chi connectivity index (χ2n) is 6.80. The van der Waals surface area contributed by atoms with Crippen molar-refractivity contribution in [2.45, 2.75) is 11.3 Å². The predicted molar refractivity (Wildman–Crippen MR) is 117 cm³/mol. The third kappa shape index (κ3) is 6.13. The molecule has 0 spiro atoms. The number of benzene rings is 3. The Morgan fingerprint density at radius 2 is 1.61 bits per heavy atom. The zero-order chi connectivity index (χ0) is 22.3. The van der Waals surface area contributed by atoms with E-state index in [-0.39, 0.29) is 18.0 Å². The topological polar surface area (TPSA) is 75.7 Å². The average molecular weight is 443 g/mol. The highest BCUT2D eigenvalue weighted by atomic mass is 32.2. The van der Waals surface area contributed by atoms with Gasteiger partial charge in [0, 0.05) is 12.2 Å². The lowest BCUT2D eigenvalue weighted by Crippen LogP contribution is -2.39. The van der Waals surface area contributed by atoms with E-state index < -0.39 is 21.7 Å². The van der Waals surface area contributed by atoms with Crippen LogP contribution in [0, 0.1) is 5.82 Å². The number of methoxy groups -OCH3 is 1. The highest BCUT2D eigenvalue weighted by molar-refractivity contribution is 7.89. The zero-order valence-electron chi connectivity index (χ0n) is 17.0. The summed E-state index contributed by atoms with van der Waals surface area (Å²) in [5.41, 5.74) is 1.34. The largest absolute Gasteiger partial charge is 0.497 e. The molecule has 0 unspecified atom stereocenters. The molecule has 0 aliphatic heterocycles. The van der Waals surface area contributed by atoms with E-state index in [1.807, 2.05) is 30.3 Å². The minimum Gasteiger partial charge on any atom is -0.497 e. The Labute approximate surface area is 181 Å². The number of rotatable bonds is 9. The van der Waals surface area contributed by atoms with Gasteiger partial charge in [0.1, 0.15) is 11.6 Å². The zero-order valence-corrected chi connectivity index (χ0v) is 17.8. The number of nitrogens with one attached hydrogen (secondary N) is 1. The van der Waals surface area contributed by atoms with Crippen LogP contribution in [0.25, 0.3) is 0 Å². The Morgan fingerprint density at radius 3 is 2.23 bits per heavy atom. The molecular formula is C23H23FN2O4S. The van der Waals surface area contributed by atoms with Crippen molar-refractivity contribution in [2.75, 3.05) is 25.5 Å². The second-order valence-corrected chi connectivity index (χ2v) is 8.74. The summed E-state index contributed by atoms with van der Waals surface area (Å²) in [7, 11) is -2.44. The van der Waals surface area contributed by atoms with Crippen LogP contribution in [-0.4, -0.2) is 38.8 Å². The molecule has 6 nitrogen and oxygen atoms in total. The predicted octanol–water partition coefficient (Wildman–Crippen LogP) is 3.71. The van der Waals surface area contributed by atoms with Crippen molar-refractivity contribution >= 4 is 21.6 Å². The Kier molecular flexibility index (Phi) is 7.38. The van der Waals surface area contributed by atoms with Crippen LogP contribution in [-0.2, 0) is 21.2 Å². The summed E-state index contributed by atoms with van der Waals surface area (Å²) in [5, 5.41) is 2.61. The fourth-order valence-corrected chi connectivity index (χ4v) is 4.37. The number of nitrogens with zero attached hydrogens (tertiary/aromatic N) is 1. The Hall–Kier alpha value is -3.23. The van der Waals surface area contributed by atoms with Gasteiger partial charge in [-0.05, 0) is 60.5 Å². The highest BCUT2D eigenvalue weighted by Crippen LogP contribution is 2.20. The van der Waals surface area contributed by atoms with Crippen LogP contribution in [0.4, 0.5) is 10.1 Å². The van der Waals surface area contributed by atoms with Crippen LogP contribution < -0.4 is 10.1 Å². The van der Waals surface area contributed by atoms with Crippen molar-refractivity contribution in [1.29, 1.82) is 0 Å². The van der Waals surface area contributed by atoms with E-state index in [0.717, 1.165) is 9.87 Å². The molecule has 8 heteroatoms. The molecule has 0 radical (unpaired) electrons. The summed E-state index contributed by atoms with van der Waals surface area (Å²) >= 11 is 0. The highest BCUT2D eigenvalue weighted by Gasteiger charge is 2.26. The van der Waals surface area contributed by atoms with Crippen molar-refractivity contribution in [3.8, 4) is 5.75 Å². The van der Waals surface area contributed by atoms with Gasteiger partial charge in [-0.15, -0.1) is 0 Å². The van der Waals surface area contributed by atoms with Crippen LogP contribution in [0.3, 0.4) is 0 Å². The molecule has 0 aromatic heterocycles. The summed E-state index contributed by atoms with van der Waals surface area (Å²) in [6.07, 6.45) is 0.444. The third-order valence-electron chi connectivity index (χ3n) is 4.64. The molecule has 0 atom stereocenters. The summed E-state index contributed by atoms with van der Waals surface area (Å²) in [4.78, 5) is 12.6. The van der Waals surface area contributed by atoms with Gasteiger partial charge in [-0.3, -0.25) is 4.79 Å². The van der Waals surface area contributed by atoms with Crippen molar-refractivity contribution < 1.29 is 22.3 Å². The fourth-order valence-electron chi connectivity index (χ4n) is 2.97. The van der Waals surface area contributed by atoms with Crippen molar-refractivity contribution in [2.24, 2.45) is 0 Å². The first-order valence-corrected chi connectivity index (χ1v) is 11.1. The summed E-state index contributed by atoms with van der Waals surface area (Å²) in [5.74, 6) is -0.412. The van der Waals surface area contributed by atoms with Crippen LogP contribution in [0.5, 0.6) is 5.75 Å². The number of hydrogen-bond acceptors (Lipinski definition) is 4. The quantitative estimate of drug-likeness (QED) is 0.548. The number of anilines is 1. The smallest absolute Gasteiger partial charge is 0.243 e. The SMILES string of the molecule is COc1ccc(S(=O)(=O)N(CCc2ccccc2)CC(=O)Nc2ccc(F)cc2)cc1. The normalized spacial score (nSPS) is 11.3. The Bertz CT molecular complexity index is 1100. The average Bonchev–Trinajstić information content (AvgIpc) is 2.78. The van der Waals surface area contributed by atoms with E-state index >= 15 is 0 Å². The monoisotopic (exact) mass is 442 g/mol. The molecule has 0 aliphatic carbocycles. The van der Waals surface area contributed by atoms with Crippen LogP contribution in [0.1, 0.15) is 5.56 Å². The number of halogens is 1. The summed E-state index contributed by atoms with van der Waals surface area (Å²) in [6.45, 7) is -0.256. The first-order valence-electron chi connectivity index (χ1n) is 9.62. The molecule has 3 aromatic rings. The molecule has 162 valence electrons. The summed E-state index contributed by atoms with van der Waals surface area (Å²) < 4.78 is 45.8. The maximum absolute atomic E-state index is 13.2. The van der Waals surface area contributed by atoms with E-state index in [9.17, 15) is 17.6 Å². The molecule has 0 saturated carbocycles. The van der Waals surface area contributed by atoms with Gasteiger partial charge in [-0.2, -0.15) is 4.31 Å². The standard InChI is InChI=1S/C23H23FN2O4S/c1-30-21-11-13-22(14-12-21)31(28,29)26(16-15-18-5-3-2-4-6-18)17-23(27)25-20-9-7-19(24)8-10-20/h2-14H,15-17H2,1H3,(H,25,27). The molecule has 3 rings (SSSR count). The number of ether oxygens (including phenoxy) is 1. The van der Waals surface area contributed by atoms with E-state index in [2.05, 4.69) is 5.32 Å². The molecule has 0 aliphatic rings. The van der Waals surface area contributed by atoms with E-state index in [1.165, 1.54) is 43.5 Å². The second kappa shape index (κ2) is 10.2. The lowest BCUT2D eigenvalue weighted by atomic mass is 10.1. The lowest BCUT2D eigenvalue weighted by molar-refractivity contribution is -0.116. The molecule has 1 amide bonds.